The number of rotatable bonds is 2. The Bertz CT molecular complexity index is 306. The first-order valence-corrected chi connectivity index (χ1v) is 4.78. The molecule has 0 saturated heterocycles. The number of aryl methyl sites for hydroxylation is 1. The predicted octanol–water partition coefficient (Wildman–Crippen LogP) is 0.336. The van der Waals surface area contributed by atoms with E-state index in [9.17, 15) is 0 Å². The lowest BCUT2D eigenvalue weighted by Gasteiger charge is -2.08. The molecule has 1 aliphatic carbocycles. The Labute approximate surface area is 77.4 Å². The number of aromatic nitrogens is 2. The van der Waals surface area contributed by atoms with Gasteiger partial charge in [0.1, 0.15) is 5.82 Å². The highest BCUT2D eigenvalue weighted by Crippen LogP contribution is 2.25. The monoisotopic (exact) mass is 181 g/mol. The maximum atomic E-state index is 8.79. The van der Waals surface area contributed by atoms with Gasteiger partial charge < -0.3 is 10.8 Å². The fourth-order valence-corrected chi connectivity index (χ4v) is 1.90. The van der Waals surface area contributed by atoms with Gasteiger partial charge in [-0.3, -0.25) is 0 Å². The van der Waals surface area contributed by atoms with Crippen molar-refractivity contribution in [3.05, 3.63) is 11.3 Å². The summed E-state index contributed by atoms with van der Waals surface area (Å²) in [5.41, 5.74) is 8.24. The van der Waals surface area contributed by atoms with Crippen molar-refractivity contribution < 1.29 is 5.11 Å². The SMILES string of the molecule is Nc1c2c(nn1CCO)CCCC2. The van der Waals surface area contributed by atoms with E-state index >= 15 is 0 Å². The zero-order chi connectivity index (χ0) is 9.26. The van der Waals surface area contributed by atoms with Crippen molar-refractivity contribution in [1.82, 2.24) is 9.78 Å². The van der Waals surface area contributed by atoms with Crippen LogP contribution >= 0.6 is 0 Å². The van der Waals surface area contributed by atoms with E-state index in [0.717, 1.165) is 24.4 Å². The van der Waals surface area contributed by atoms with Gasteiger partial charge in [0, 0.05) is 5.56 Å². The fourth-order valence-electron chi connectivity index (χ4n) is 1.90. The van der Waals surface area contributed by atoms with Gasteiger partial charge in [0.15, 0.2) is 0 Å². The summed E-state index contributed by atoms with van der Waals surface area (Å²) in [7, 11) is 0. The Hall–Kier alpha value is -1.03. The van der Waals surface area contributed by atoms with Gasteiger partial charge in [-0.25, -0.2) is 4.68 Å². The van der Waals surface area contributed by atoms with E-state index in [0.29, 0.717) is 6.54 Å². The fraction of sp³-hybridized carbons (Fsp3) is 0.667. The van der Waals surface area contributed by atoms with Crippen molar-refractivity contribution in [1.29, 1.82) is 0 Å². The van der Waals surface area contributed by atoms with Gasteiger partial charge in [-0.05, 0) is 25.7 Å². The van der Waals surface area contributed by atoms with E-state index < -0.39 is 0 Å². The predicted molar refractivity (Wildman–Crippen MR) is 50.4 cm³/mol. The molecule has 1 aromatic heterocycles. The molecule has 2 rings (SSSR count). The van der Waals surface area contributed by atoms with Gasteiger partial charge in [0.05, 0.1) is 18.8 Å². The maximum absolute atomic E-state index is 8.79. The van der Waals surface area contributed by atoms with Crippen LogP contribution in [0.1, 0.15) is 24.1 Å². The van der Waals surface area contributed by atoms with Crippen LogP contribution in [-0.2, 0) is 19.4 Å². The number of hydrogen-bond donors (Lipinski definition) is 2. The topological polar surface area (TPSA) is 64.1 Å². The molecule has 0 fully saturated rings. The van der Waals surface area contributed by atoms with Crippen molar-refractivity contribution in [3.8, 4) is 0 Å². The zero-order valence-electron chi connectivity index (χ0n) is 7.66. The van der Waals surface area contributed by atoms with Gasteiger partial charge in [-0.2, -0.15) is 5.10 Å². The van der Waals surface area contributed by atoms with Gasteiger partial charge in [-0.1, -0.05) is 0 Å². The van der Waals surface area contributed by atoms with E-state index in [1.807, 2.05) is 0 Å². The van der Waals surface area contributed by atoms with Crippen LogP contribution in [0.3, 0.4) is 0 Å². The van der Waals surface area contributed by atoms with Crippen LogP contribution in [0, 0.1) is 0 Å². The van der Waals surface area contributed by atoms with Crippen molar-refractivity contribution in [3.63, 3.8) is 0 Å². The summed E-state index contributed by atoms with van der Waals surface area (Å²) < 4.78 is 1.72. The summed E-state index contributed by atoms with van der Waals surface area (Å²) in [4.78, 5) is 0. The second-order valence-corrected chi connectivity index (χ2v) is 3.46. The van der Waals surface area contributed by atoms with E-state index in [-0.39, 0.29) is 6.61 Å². The van der Waals surface area contributed by atoms with E-state index in [4.69, 9.17) is 10.8 Å². The summed E-state index contributed by atoms with van der Waals surface area (Å²) in [6, 6.07) is 0. The number of nitrogen functional groups attached to an aromatic ring is 1. The Kier molecular flexibility index (Phi) is 2.22. The third kappa shape index (κ3) is 1.42. The third-order valence-corrected chi connectivity index (χ3v) is 2.58. The van der Waals surface area contributed by atoms with Gasteiger partial charge >= 0.3 is 0 Å². The van der Waals surface area contributed by atoms with E-state index in [1.165, 1.54) is 18.4 Å². The molecule has 0 amide bonds. The third-order valence-electron chi connectivity index (χ3n) is 2.58. The average molecular weight is 181 g/mol. The quantitative estimate of drug-likeness (QED) is 0.691. The molecule has 0 bridgehead atoms. The molecule has 1 aliphatic rings. The first kappa shape index (κ1) is 8.56. The van der Waals surface area contributed by atoms with Crippen LogP contribution in [0.15, 0.2) is 0 Å². The highest BCUT2D eigenvalue weighted by Gasteiger charge is 2.17. The van der Waals surface area contributed by atoms with Crippen LogP contribution in [0.2, 0.25) is 0 Å². The number of anilines is 1. The van der Waals surface area contributed by atoms with Gasteiger partial charge in [-0.15, -0.1) is 0 Å². The smallest absolute Gasteiger partial charge is 0.125 e. The molecule has 0 unspecified atom stereocenters. The highest BCUT2D eigenvalue weighted by atomic mass is 16.3. The molecule has 4 nitrogen and oxygen atoms in total. The number of fused-ring (bicyclic) bond motifs is 1. The Balaban J connectivity index is 2.33. The summed E-state index contributed by atoms with van der Waals surface area (Å²) in [6.45, 7) is 0.615. The van der Waals surface area contributed by atoms with E-state index in [2.05, 4.69) is 5.10 Å². The molecule has 0 radical (unpaired) electrons. The number of hydrogen-bond acceptors (Lipinski definition) is 3. The number of aliphatic hydroxyl groups excluding tert-OH is 1. The molecule has 0 spiro atoms. The highest BCUT2D eigenvalue weighted by molar-refractivity contribution is 5.44. The van der Waals surface area contributed by atoms with Gasteiger partial charge in [0.25, 0.3) is 0 Å². The molecule has 13 heavy (non-hydrogen) atoms. The molecular weight excluding hydrogens is 166 g/mol. The zero-order valence-corrected chi connectivity index (χ0v) is 7.66. The lowest BCUT2D eigenvalue weighted by molar-refractivity contribution is 0.270. The second kappa shape index (κ2) is 3.38. The molecule has 0 aromatic carbocycles. The van der Waals surface area contributed by atoms with Crippen LogP contribution in [0.5, 0.6) is 0 Å². The average Bonchev–Trinajstić information content (AvgIpc) is 2.46. The van der Waals surface area contributed by atoms with E-state index in [1.54, 1.807) is 4.68 Å². The van der Waals surface area contributed by atoms with Crippen molar-refractivity contribution in [2.75, 3.05) is 12.3 Å². The minimum Gasteiger partial charge on any atom is -0.394 e. The number of nitrogens with two attached hydrogens (primary N) is 1. The Morgan fingerprint density at radius 1 is 1.38 bits per heavy atom. The van der Waals surface area contributed by atoms with Crippen molar-refractivity contribution >= 4 is 5.82 Å². The summed E-state index contributed by atoms with van der Waals surface area (Å²) >= 11 is 0. The van der Waals surface area contributed by atoms with Crippen molar-refractivity contribution in [2.24, 2.45) is 0 Å². The lowest BCUT2D eigenvalue weighted by atomic mass is 9.98. The van der Waals surface area contributed by atoms with Crippen LogP contribution in [0.25, 0.3) is 0 Å². The minimum absolute atomic E-state index is 0.102. The lowest BCUT2D eigenvalue weighted by Crippen LogP contribution is -2.08. The molecule has 1 aromatic rings. The molecule has 4 heteroatoms. The summed E-state index contributed by atoms with van der Waals surface area (Å²) in [5, 5.41) is 13.2. The van der Waals surface area contributed by atoms with Crippen LogP contribution in [0.4, 0.5) is 5.82 Å². The first-order chi connectivity index (χ1) is 6.33. The largest absolute Gasteiger partial charge is 0.394 e. The summed E-state index contributed by atoms with van der Waals surface area (Å²) in [5.74, 6) is 0.753. The van der Waals surface area contributed by atoms with Crippen LogP contribution < -0.4 is 5.73 Å². The second-order valence-electron chi connectivity index (χ2n) is 3.46. The number of aliphatic hydroxyl groups is 1. The minimum atomic E-state index is 0.102. The molecular formula is C9H15N3O. The summed E-state index contributed by atoms with van der Waals surface area (Å²) in [6.07, 6.45) is 4.51. The number of nitrogens with zero attached hydrogens (tertiary/aromatic N) is 2. The maximum Gasteiger partial charge on any atom is 0.125 e. The normalized spacial score (nSPS) is 15.8. The molecule has 72 valence electrons. The Morgan fingerprint density at radius 3 is 2.85 bits per heavy atom. The molecule has 0 aliphatic heterocycles. The molecule has 3 N–H and O–H groups in total. The molecule has 0 atom stereocenters. The van der Waals surface area contributed by atoms with Crippen LogP contribution in [-0.4, -0.2) is 21.5 Å². The molecule has 0 saturated carbocycles. The van der Waals surface area contributed by atoms with Crippen molar-refractivity contribution in [2.45, 2.75) is 32.2 Å². The molecule has 1 heterocycles. The first-order valence-electron chi connectivity index (χ1n) is 4.78. The van der Waals surface area contributed by atoms with Gasteiger partial charge in [0.2, 0.25) is 0 Å². The Morgan fingerprint density at radius 2 is 2.15 bits per heavy atom. The standard InChI is InChI=1S/C9H15N3O/c10-9-7-3-1-2-4-8(7)11-12(9)5-6-13/h13H,1-6,10H2.